The fraction of sp³-hybridized carbons (Fsp3) is 0.200. The van der Waals surface area contributed by atoms with Crippen LogP contribution in [0.3, 0.4) is 0 Å². The van der Waals surface area contributed by atoms with E-state index >= 15 is 0 Å². The number of carbonyl (C=O) groups excluding carboxylic acids is 4. The van der Waals surface area contributed by atoms with Crippen molar-refractivity contribution in [2.75, 3.05) is 12.0 Å². The van der Waals surface area contributed by atoms with Gasteiger partial charge in [0.05, 0.1) is 11.1 Å². The normalized spacial score (nSPS) is 13.8. The van der Waals surface area contributed by atoms with E-state index in [0.29, 0.717) is 16.3 Å². The first kappa shape index (κ1) is 20.9. The van der Waals surface area contributed by atoms with E-state index in [4.69, 9.17) is 11.6 Å². The molecule has 2 aromatic rings. The number of rotatable bonds is 6. The molecule has 1 aliphatic heterocycles. The van der Waals surface area contributed by atoms with Gasteiger partial charge in [-0.2, -0.15) is 11.8 Å². The van der Waals surface area contributed by atoms with Gasteiger partial charge in [0, 0.05) is 10.6 Å². The van der Waals surface area contributed by atoms with Crippen molar-refractivity contribution in [1.29, 1.82) is 0 Å². The number of carbonyl (C=O) groups is 4. The van der Waals surface area contributed by atoms with Crippen molar-refractivity contribution >= 4 is 47.0 Å². The molecular weight excluding hydrogens is 414 g/mol. The molecule has 1 atom stereocenters. The minimum Gasteiger partial charge on any atom is -0.271 e. The third-order valence-electron chi connectivity index (χ3n) is 4.44. The molecule has 0 saturated heterocycles. The summed E-state index contributed by atoms with van der Waals surface area (Å²) in [4.78, 5) is 51.4. The van der Waals surface area contributed by atoms with Crippen LogP contribution in [0.4, 0.5) is 0 Å². The number of imide groups is 1. The summed E-state index contributed by atoms with van der Waals surface area (Å²) < 4.78 is 0. The van der Waals surface area contributed by atoms with E-state index in [1.54, 1.807) is 36.4 Å². The summed E-state index contributed by atoms with van der Waals surface area (Å²) in [6.07, 6.45) is 2.12. The Bertz CT molecular complexity index is 929. The molecule has 0 spiro atoms. The Morgan fingerprint density at radius 2 is 1.59 bits per heavy atom. The molecule has 1 heterocycles. The first-order chi connectivity index (χ1) is 13.9. The van der Waals surface area contributed by atoms with Gasteiger partial charge in [0.2, 0.25) is 0 Å². The monoisotopic (exact) mass is 431 g/mol. The third-order valence-corrected chi connectivity index (χ3v) is 5.34. The molecule has 0 bridgehead atoms. The van der Waals surface area contributed by atoms with Crippen LogP contribution in [0.1, 0.15) is 37.5 Å². The lowest BCUT2D eigenvalue weighted by atomic mass is 10.1. The first-order valence-corrected chi connectivity index (χ1v) is 10.5. The van der Waals surface area contributed by atoms with E-state index in [1.165, 1.54) is 23.9 Å². The maximum atomic E-state index is 12.8. The summed E-state index contributed by atoms with van der Waals surface area (Å²) in [5.74, 6) is -1.67. The van der Waals surface area contributed by atoms with Gasteiger partial charge in [0.1, 0.15) is 6.04 Å². The highest BCUT2D eigenvalue weighted by molar-refractivity contribution is 7.98. The van der Waals surface area contributed by atoms with Gasteiger partial charge in [0.15, 0.2) is 0 Å². The second-order valence-electron chi connectivity index (χ2n) is 6.27. The Labute approximate surface area is 176 Å². The average Bonchev–Trinajstić information content (AvgIpc) is 2.98. The smallest absolute Gasteiger partial charge is 0.269 e. The second-order valence-corrected chi connectivity index (χ2v) is 7.70. The highest BCUT2D eigenvalue weighted by atomic mass is 35.5. The summed E-state index contributed by atoms with van der Waals surface area (Å²) in [5.41, 5.74) is 5.47. The van der Waals surface area contributed by atoms with Crippen LogP contribution in [-0.2, 0) is 4.79 Å². The fourth-order valence-electron chi connectivity index (χ4n) is 2.97. The zero-order valence-electron chi connectivity index (χ0n) is 15.5. The van der Waals surface area contributed by atoms with Gasteiger partial charge in [0.25, 0.3) is 23.6 Å². The Kier molecular flexibility index (Phi) is 6.56. The van der Waals surface area contributed by atoms with Crippen LogP contribution >= 0.6 is 23.4 Å². The number of halogens is 1. The predicted molar refractivity (Wildman–Crippen MR) is 111 cm³/mol. The molecule has 2 N–H and O–H groups in total. The van der Waals surface area contributed by atoms with E-state index in [9.17, 15) is 19.2 Å². The Hall–Kier alpha value is -2.84. The summed E-state index contributed by atoms with van der Waals surface area (Å²) in [5, 5.41) is 0.480. The third kappa shape index (κ3) is 4.44. The molecule has 7 nitrogen and oxygen atoms in total. The van der Waals surface area contributed by atoms with Gasteiger partial charge in [-0.25, -0.2) is 0 Å². The fourth-order valence-corrected chi connectivity index (χ4v) is 3.56. The maximum absolute atomic E-state index is 12.8. The quantitative estimate of drug-likeness (QED) is 0.541. The van der Waals surface area contributed by atoms with Crippen LogP contribution in [0.25, 0.3) is 0 Å². The predicted octanol–water partition coefficient (Wildman–Crippen LogP) is 2.52. The first-order valence-electron chi connectivity index (χ1n) is 8.75. The molecular formula is C20H18ClN3O4S. The molecule has 150 valence electrons. The molecule has 0 saturated carbocycles. The van der Waals surface area contributed by atoms with E-state index in [2.05, 4.69) is 10.9 Å². The minimum absolute atomic E-state index is 0.259. The Morgan fingerprint density at radius 1 is 1.00 bits per heavy atom. The highest BCUT2D eigenvalue weighted by Gasteiger charge is 2.42. The van der Waals surface area contributed by atoms with Crippen LogP contribution in [0.5, 0.6) is 0 Å². The minimum atomic E-state index is -1.04. The second kappa shape index (κ2) is 9.11. The molecule has 0 aromatic heterocycles. The van der Waals surface area contributed by atoms with Crippen LogP contribution in [0, 0.1) is 0 Å². The van der Waals surface area contributed by atoms with Crippen molar-refractivity contribution in [3.05, 3.63) is 70.2 Å². The van der Waals surface area contributed by atoms with Gasteiger partial charge >= 0.3 is 0 Å². The standard InChI is InChI=1S/C20H18ClN3O4S/c1-29-11-10-16(24-19(27)14-4-2-3-5-15(14)20(24)28)18(26)23-22-17(25)12-6-8-13(21)9-7-12/h2-9,16H,10-11H2,1H3,(H,22,25)(H,23,26). The topological polar surface area (TPSA) is 95.6 Å². The summed E-state index contributed by atoms with van der Waals surface area (Å²) >= 11 is 7.29. The molecule has 1 aliphatic rings. The molecule has 9 heteroatoms. The van der Waals surface area contributed by atoms with Crippen molar-refractivity contribution in [3.8, 4) is 0 Å². The largest absolute Gasteiger partial charge is 0.271 e. The number of hydrogen-bond acceptors (Lipinski definition) is 5. The number of hydrazine groups is 1. The Balaban J connectivity index is 1.74. The lowest BCUT2D eigenvalue weighted by Gasteiger charge is -2.25. The number of fused-ring (bicyclic) bond motifs is 1. The molecule has 0 aliphatic carbocycles. The number of nitrogens with zero attached hydrogens (tertiary/aromatic N) is 1. The van der Waals surface area contributed by atoms with Gasteiger partial charge in [-0.05, 0) is 54.8 Å². The lowest BCUT2D eigenvalue weighted by molar-refractivity contribution is -0.125. The number of benzene rings is 2. The van der Waals surface area contributed by atoms with Crippen molar-refractivity contribution in [1.82, 2.24) is 15.8 Å². The number of nitrogens with one attached hydrogen (secondary N) is 2. The van der Waals surface area contributed by atoms with Crippen LogP contribution in [0.15, 0.2) is 48.5 Å². The molecule has 1 unspecified atom stereocenters. The Morgan fingerprint density at radius 3 is 2.14 bits per heavy atom. The van der Waals surface area contributed by atoms with E-state index in [1.807, 2.05) is 6.26 Å². The van der Waals surface area contributed by atoms with E-state index in [-0.39, 0.29) is 17.5 Å². The van der Waals surface area contributed by atoms with Crippen LogP contribution in [0.2, 0.25) is 5.02 Å². The zero-order chi connectivity index (χ0) is 21.0. The lowest BCUT2D eigenvalue weighted by Crippen LogP contribution is -2.54. The maximum Gasteiger partial charge on any atom is 0.269 e. The summed E-state index contributed by atoms with van der Waals surface area (Å²) in [6.45, 7) is 0. The van der Waals surface area contributed by atoms with Gasteiger partial charge in [-0.3, -0.25) is 34.9 Å². The SMILES string of the molecule is CSCCC(C(=O)NNC(=O)c1ccc(Cl)cc1)N1C(=O)c2ccccc2C1=O. The summed E-state index contributed by atoms with van der Waals surface area (Å²) in [7, 11) is 0. The van der Waals surface area contributed by atoms with Crippen LogP contribution < -0.4 is 10.9 Å². The van der Waals surface area contributed by atoms with Crippen molar-refractivity contribution in [3.63, 3.8) is 0 Å². The molecule has 0 fully saturated rings. The average molecular weight is 432 g/mol. The zero-order valence-corrected chi connectivity index (χ0v) is 17.0. The van der Waals surface area contributed by atoms with Crippen molar-refractivity contribution < 1.29 is 19.2 Å². The van der Waals surface area contributed by atoms with Crippen LogP contribution in [-0.4, -0.2) is 46.6 Å². The van der Waals surface area contributed by atoms with Gasteiger partial charge in [-0.15, -0.1) is 0 Å². The molecule has 2 aromatic carbocycles. The molecule has 29 heavy (non-hydrogen) atoms. The van der Waals surface area contributed by atoms with E-state index in [0.717, 1.165) is 4.90 Å². The summed E-state index contributed by atoms with van der Waals surface area (Å²) in [6, 6.07) is 11.5. The van der Waals surface area contributed by atoms with Crippen molar-refractivity contribution in [2.24, 2.45) is 0 Å². The molecule has 4 amide bonds. The van der Waals surface area contributed by atoms with Gasteiger partial charge in [-0.1, -0.05) is 23.7 Å². The highest BCUT2D eigenvalue weighted by Crippen LogP contribution is 2.26. The molecule has 0 radical (unpaired) electrons. The number of hydrogen-bond donors (Lipinski definition) is 2. The van der Waals surface area contributed by atoms with Gasteiger partial charge < -0.3 is 0 Å². The number of thioether (sulfide) groups is 1. The number of amides is 4. The van der Waals surface area contributed by atoms with E-state index < -0.39 is 29.7 Å². The molecule has 3 rings (SSSR count). The van der Waals surface area contributed by atoms with Crippen molar-refractivity contribution in [2.45, 2.75) is 12.5 Å².